The summed E-state index contributed by atoms with van der Waals surface area (Å²) < 4.78 is 5.84. The lowest BCUT2D eigenvalue weighted by Crippen LogP contribution is -2.29. The van der Waals surface area contributed by atoms with Crippen molar-refractivity contribution in [2.75, 3.05) is 0 Å². The smallest absolute Gasteiger partial charge is 0.309 e. The van der Waals surface area contributed by atoms with E-state index in [1.165, 1.54) is 103 Å². The first-order valence-corrected chi connectivity index (χ1v) is 13.5. The second-order valence-corrected chi connectivity index (χ2v) is 11.2. The number of carbonyl (C=O) groups is 1. The summed E-state index contributed by atoms with van der Waals surface area (Å²) in [5.74, 6) is 4.37. The van der Waals surface area contributed by atoms with Crippen LogP contribution in [-0.2, 0) is 9.53 Å². The van der Waals surface area contributed by atoms with E-state index < -0.39 is 0 Å². The molecule has 0 amide bonds. The van der Waals surface area contributed by atoms with Gasteiger partial charge >= 0.3 is 5.97 Å². The Bertz CT molecular complexity index is 473. The van der Waals surface area contributed by atoms with Gasteiger partial charge in [0.1, 0.15) is 6.10 Å². The Hall–Kier alpha value is -0.530. The summed E-state index contributed by atoms with van der Waals surface area (Å²) in [6.07, 6.45) is 27.4. The minimum absolute atomic E-state index is 0.136. The standard InChI is InChI=1S/C27H46O2/c28-27(29-26-9-5-2-6-10-26)25-19-15-22(16-20-25)12-11-21-13-17-24(18-14-21)23-7-3-1-4-8-23/h21-26H,1-20H2. The highest BCUT2D eigenvalue weighted by Gasteiger charge is 2.31. The van der Waals surface area contributed by atoms with Gasteiger partial charge in [-0.15, -0.1) is 0 Å². The van der Waals surface area contributed by atoms with E-state index in [9.17, 15) is 4.79 Å². The van der Waals surface area contributed by atoms with E-state index in [-0.39, 0.29) is 18.0 Å². The van der Waals surface area contributed by atoms with Crippen LogP contribution in [0.4, 0.5) is 0 Å². The maximum atomic E-state index is 12.5. The molecule has 4 rings (SSSR count). The molecule has 29 heavy (non-hydrogen) atoms. The van der Waals surface area contributed by atoms with Crippen LogP contribution in [0.5, 0.6) is 0 Å². The Morgan fingerprint density at radius 1 is 0.552 bits per heavy atom. The SMILES string of the molecule is O=C(OC1CCCCC1)C1CCC(CCC2CCC(C3CCCCC3)CC2)CC1. The molecule has 0 radical (unpaired) electrons. The third kappa shape index (κ3) is 6.47. The number of esters is 1. The fourth-order valence-corrected chi connectivity index (χ4v) is 7.16. The minimum atomic E-state index is 0.136. The van der Waals surface area contributed by atoms with Crippen molar-refractivity contribution < 1.29 is 9.53 Å². The summed E-state index contributed by atoms with van der Waals surface area (Å²) in [7, 11) is 0. The third-order valence-corrected chi connectivity index (χ3v) is 9.21. The van der Waals surface area contributed by atoms with Gasteiger partial charge in [0.25, 0.3) is 0 Å². The third-order valence-electron chi connectivity index (χ3n) is 9.21. The molecule has 0 unspecified atom stereocenters. The van der Waals surface area contributed by atoms with Gasteiger partial charge in [0.15, 0.2) is 0 Å². The first kappa shape index (κ1) is 21.7. The van der Waals surface area contributed by atoms with Crippen molar-refractivity contribution in [3.63, 3.8) is 0 Å². The molecule has 0 bridgehead atoms. The molecule has 4 fully saturated rings. The van der Waals surface area contributed by atoms with Crippen molar-refractivity contribution in [1.29, 1.82) is 0 Å². The van der Waals surface area contributed by atoms with E-state index in [1.54, 1.807) is 0 Å². The molecule has 4 saturated carbocycles. The van der Waals surface area contributed by atoms with E-state index in [2.05, 4.69) is 0 Å². The predicted molar refractivity (Wildman–Crippen MR) is 120 cm³/mol. The number of carbonyl (C=O) groups excluding carboxylic acids is 1. The predicted octanol–water partition coefficient (Wildman–Crippen LogP) is 7.84. The molecular weight excluding hydrogens is 356 g/mol. The van der Waals surface area contributed by atoms with Gasteiger partial charge in [-0.2, -0.15) is 0 Å². The fraction of sp³-hybridized carbons (Fsp3) is 0.963. The summed E-state index contributed by atoms with van der Waals surface area (Å²) in [5.41, 5.74) is 0. The molecule has 0 heterocycles. The van der Waals surface area contributed by atoms with Gasteiger partial charge in [-0.05, 0) is 87.9 Å². The van der Waals surface area contributed by atoms with E-state index in [0.717, 1.165) is 49.4 Å². The molecule has 2 nitrogen and oxygen atoms in total. The zero-order valence-electron chi connectivity index (χ0n) is 18.9. The second-order valence-electron chi connectivity index (χ2n) is 11.2. The average molecular weight is 403 g/mol. The van der Waals surface area contributed by atoms with Crippen LogP contribution in [0.15, 0.2) is 0 Å². The monoisotopic (exact) mass is 402 g/mol. The van der Waals surface area contributed by atoms with Crippen molar-refractivity contribution in [3.8, 4) is 0 Å². The van der Waals surface area contributed by atoms with Crippen molar-refractivity contribution in [2.45, 2.75) is 135 Å². The lowest BCUT2D eigenvalue weighted by Gasteiger charge is -2.36. The molecule has 4 aliphatic carbocycles. The molecule has 0 aromatic heterocycles. The first-order valence-electron chi connectivity index (χ1n) is 13.5. The van der Waals surface area contributed by atoms with Crippen LogP contribution < -0.4 is 0 Å². The summed E-state index contributed by atoms with van der Waals surface area (Å²) in [6, 6.07) is 0. The van der Waals surface area contributed by atoms with Gasteiger partial charge in [-0.1, -0.05) is 64.2 Å². The van der Waals surface area contributed by atoms with Crippen molar-refractivity contribution in [3.05, 3.63) is 0 Å². The van der Waals surface area contributed by atoms with Crippen LogP contribution in [0.2, 0.25) is 0 Å². The first-order chi connectivity index (χ1) is 14.3. The van der Waals surface area contributed by atoms with Gasteiger partial charge in [0.05, 0.1) is 5.92 Å². The number of rotatable bonds is 6. The van der Waals surface area contributed by atoms with E-state index in [4.69, 9.17) is 4.74 Å². The van der Waals surface area contributed by atoms with Crippen molar-refractivity contribution >= 4 is 5.97 Å². The number of ether oxygens (including phenoxy) is 1. The molecular formula is C27H46O2. The molecule has 166 valence electrons. The van der Waals surface area contributed by atoms with Gasteiger partial charge in [-0.3, -0.25) is 4.79 Å². The number of hydrogen-bond donors (Lipinski definition) is 0. The van der Waals surface area contributed by atoms with Crippen LogP contribution in [-0.4, -0.2) is 12.1 Å². The Morgan fingerprint density at radius 3 is 1.62 bits per heavy atom. The molecule has 0 N–H and O–H groups in total. The van der Waals surface area contributed by atoms with E-state index in [1.807, 2.05) is 0 Å². The molecule has 0 aromatic carbocycles. The van der Waals surface area contributed by atoms with Crippen LogP contribution in [0.25, 0.3) is 0 Å². The molecule has 0 aliphatic heterocycles. The minimum Gasteiger partial charge on any atom is -0.462 e. The zero-order valence-corrected chi connectivity index (χ0v) is 18.9. The highest BCUT2D eigenvalue weighted by atomic mass is 16.5. The Kier molecular flexibility index (Phi) is 8.37. The normalized spacial score (nSPS) is 35.3. The largest absolute Gasteiger partial charge is 0.462 e. The Labute approximate surface area is 179 Å². The molecule has 0 saturated heterocycles. The summed E-state index contributed by atoms with van der Waals surface area (Å²) in [6.45, 7) is 0. The second kappa shape index (κ2) is 11.2. The maximum Gasteiger partial charge on any atom is 0.309 e. The van der Waals surface area contributed by atoms with Gasteiger partial charge in [0.2, 0.25) is 0 Å². The van der Waals surface area contributed by atoms with E-state index in [0.29, 0.717) is 0 Å². The van der Waals surface area contributed by atoms with Crippen LogP contribution >= 0.6 is 0 Å². The molecule has 0 aromatic rings. The number of hydrogen-bond acceptors (Lipinski definition) is 2. The fourth-order valence-electron chi connectivity index (χ4n) is 7.16. The van der Waals surface area contributed by atoms with Gasteiger partial charge in [-0.25, -0.2) is 0 Å². The van der Waals surface area contributed by atoms with Gasteiger partial charge in [0, 0.05) is 0 Å². The quantitative estimate of drug-likeness (QED) is 0.423. The highest BCUT2D eigenvalue weighted by Crippen LogP contribution is 2.42. The van der Waals surface area contributed by atoms with Crippen molar-refractivity contribution in [1.82, 2.24) is 0 Å². The summed E-state index contributed by atoms with van der Waals surface area (Å²) in [5, 5.41) is 0. The molecule has 0 atom stereocenters. The lowest BCUT2D eigenvalue weighted by atomic mass is 9.69. The summed E-state index contributed by atoms with van der Waals surface area (Å²) in [4.78, 5) is 12.5. The molecule has 0 spiro atoms. The molecule has 2 heteroatoms. The lowest BCUT2D eigenvalue weighted by molar-refractivity contribution is -0.157. The van der Waals surface area contributed by atoms with Crippen LogP contribution in [0.1, 0.15) is 128 Å². The van der Waals surface area contributed by atoms with E-state index >= 15 is 0 Å². The topological polar surface area (TPSA) is 26.3 Å². The average Bonchev–Trinajstić information content (AvgIpc) is 2.80. The van der Waals surface area contributed by atoms with Crippen LogP contribution in [0.3, 0.4) is 0 Å². The summed E-state index contributed by atoms with van der Waals surface area (Å²) >= 11 is 0. The van der Waals surface area contributed by atoms with Crippen molar-refractivity contribution in [2.24, 2.45) is 29.6 Å². The molecule has 4 aliphatic rings. The zero-order chi connectivity index (χ0) is 19.9. The van der Waals surface area contributed by atoms with Crippen LogP contribution in [0, 0.1) is 29.6 Å². The maximum absolute atomic E-state index is 12.5. The Morgan fingerprint density at radius 2 is 1.03 bits per heavy atom. The Balaban J connectivity index is 1.09. The highest BCUT2D eigenvalue weighted by molar-refractivity contribution is 5.72. The van der Waals surface area contributed by atoms with Gasteiger partial charge < -0.3 is 4.74 Å².